The Morgan fingerprint density at radius 2 is 2.05 bits per heavy atom. The average molecular weight is 281 g/mol. The Morgan fingerprint density at radius 3 is 2.55 bits per heavy atom. The van der Waals surface area contributed by atoms with Gasteiger partial charge < -0.3 is 20.4 Å². The number of nitrogens with zero attached hydrogens (tertiary/aromatic N) is 4. The summed E-state index contributed by atoms with van der Waals surface area (Å²) in [6, 6.07) is 0.499. The van der Waals surface area contributed by atoms with Crippen LogP contribution in [0.5, 0.6) is 0 Å². The van der Waals surface area contributed by atoms with Crippen molar-refractivity contribution in [2.24, 2.45) is 10.7 Å². The second kappa shape index (κ2) is 5.50. The summed E-state index contributed by atoms with van der Waals surface area (Å²) in [7, 11) is 3.60. The fraction of sp³-hybridized carbons (Fsp3) is 0.857. The quantitative estimate of drug-likeness (QED) is 0.819. The van der Waals surface area contributed by atoms with Crippen molar-refractivity contribution in [3.8, 4) is 0 Å². The molecule has 6 heteroatoms. The van der Waals surface area contributed by atoms with E-state index in [1.807, 2.05) is 4.90 Å². The van der Waals surface area contributed by atoms with Crippen molar-refractivity contribution in [1.82, 2.24) is 14.7 Å². The van der Waals surface area contributed by atoms with E-state index in [-0.39, 0.29) is 11.6 Å². The highest BCUT2D eigenvalue weighted by Gasteiger charge is 2.46. The zero-order valence-electron chi connectivity index (χ0n) is 13.1. The van der Waals surface area contributed by atoms with Gasteiger partial charge in [-0.2, -0.15) is 0 Å². The largest absolute Gasteiger partial charge is 0.370 e. The molecule has 2 N–H and O–H groups in total. The Labute approximate surface area is 121 Å². The van der Waals surface area contributed by atoms with Crippen LogP contribution in [-0.4, -0.2) is 72.0 Å². The zero-order valence-corrected chi connectivity index (χ0v) is 13.1. The summed E-state index contributed by atoms with van der Waals surface area (Å²) in [5.41, 5.74) is 6.12. The molecule has 1 spiro atoms. The van der Waals surface area contributed by atoms with Crippen molar-refractivity contribution >= 4 is 12.0 Å². The number of carbonyl (C=O) groups excluding carboxylic acids is 1. The maximum atomic E-state index is 12.0. The summed E-state index contributed by atoms with van der Waals surface area (Å²) in [4.78, 5) is 22.4. The van der Waals surface area contributed by atoms with Crippen molar-refractivity contribution < 1.29 is 4.79 Å². The van der Waals surface area contributed by atoms with Crippen LogP contribution in [0, 0.1) is 0 Å². The second-order valence-electron chi connectivity index (χ2n) is 6.19. The lowest BCUT2D eigenvalue weighted by atomic mass is 9.85. The van der Waals surface area contributed by atoms with E-state index in [0.29, 0.717) is 12.0 Å². The van der Waals surface area contributed by atoms with Gasteiger partial charge in [0, 0.05) is 33.2 Å². The van der Waals surface area contributed by atoms with E-state index < -0.39 is 0 Å². The number of aliphatic imine (C=N–C) groups is 1. The van der Waals surface area contributed by atoms with Crippen molar-refractivity contribution in [2.45, 2.75) is 44.7 Å². The molecule has 2 heterocycles. The van der Waals surface area contributed by atoms with E-state index in [4.69, 9.17) is 5.73 Å². The minimum absolute atomic E-state index is 0.0304. The summed E-state index contributed by atoms with van der Waals surface area (Å²) in [5.74, 6) is 0.673. The molecule has 2 rings (SSSR count). The predicted octanol–water partition coefficient (Wildman–Crippen LogP) is 0.931. The Kier molecular flexibility index (Phi) is 4.11. The third kappa shape index (κ3) is 2.43. The van der Waals surface area contributed by atoms with E-state index >= 15 is 0 Å². The van der Waals surface area contributed by atoms with Gasteiger partial charge in [-0.05, 0) is 26.2 Å². The average Bonchev–Trinajstić information content (AvgIpc) is 2.75. The molecule has 1 fully saturated rings. The van der Waals surface area contributed by atoms with Gasteiger partial charge in [0.15, 0.2) is 5.96 Å². The number of hydrogen-bond acceptors (Lipinski definition) is 4. The fourth-order valence-electron chi connectivity index (χ4n) is 3.30. The van der Waals surface area contributed by atoms with Gasteiger partial charge in [0.2, 0.25) is 0 Å². The van der Waals surface area contributed by atoms with E-state index in [1.165, 1.54) is 0 Å². The molecule has 6 nitrogen and oxygen atoms in total. The summed E-state index contributed by atoms with van der Waals surface area (Å²) >= 11 is 0. The molecule has 1 unspecified atom stereocenters. The normalized spacial score (nSPS) is 22.9. The van der Waals surface area contributed by atoms with Crippen LogP contribution in [-0.2, 0) is 0 Å². The molecular formula is C14H27N5O. The number of rotatable bonds is 2. The van der Waals surface area contributed by atoms with Gasteiger partial charge in [0.05, 0.1) is 12.1 Å². The molecule has 20 heavy (non-hydrogen) atoms. The van der Waals surface area contributed by atoms with Crippen molar-refractivity contribution in [1.29, 1.82) is 0 Å². The molecule has 114 valence electrons. The summed E-state index contributed by atoms with van der Waals surface area (Å²) in [6.45, 7) is 6.72. The molecule has 0 radical (unpaired) electrons. The Bertz CT molecular complexity index is 398. The second-order valence-corrected chi connectivity index (χ2v) is 6.19. The highest BCUT2D eigenvalue weighted by Crippen LogP contribution is 2.35. The molecule has 2 aliphatic heterocycles. The maximum Gasteiger partial charge on any atom is 0.319 e. The monoisotopic (exact) mass is 281 g/mol. The number of carbonyl (C=O) groups is 1. The topological polar surface area (TPSA) is 65.2 Å². The molecule has 2 amide bonds. The molecular weight excluding hydrogens is 254 g/mol. The van der Waals surface area contributed by atoms with Crippen LogP contribution >= 0.6 is 0 Å². The minimum atomic E-state index is 0.0304. The zero-order chi connectivity index (χ0) is 14.9. The van der Waals surface area contributed by atoms with E-state index in [9.17, 15) is 4.79 Å². The van der Waals surface area contributed by atoms with Crippen molar-refractivity contribution in [2.75, 3.05) is 33.7 Å². The molecule has 0 aromatic carbocycles. The minimum Gasteiger partial charge on any atom is -0.370 e. The van der Waals surface area contributed by atoms with Crippen LogP contribution in [0.1, 0.15) is 33.1 Å². The number of hydrogen-bond donors (Lipinski definition) is 1. The van der Waals surface area contributed by atoms with Crippen molar-refractivity contribution in [3.63, 3.8) is 0 Å². The molecule has 2 aliphatic rings. The Morgan fingerprint density at radius 1 is 1.45 bits per heavy atom. The molecule has 0 aromatic rings. The Balaban J connectivity index is 2.06. The van der Waals surface area contributed by atoms with Gasteiger partial charge in [-0.25, -0.2) is 4.79 Å². The van der Waals surface area contributed by atoms with Gasteiger partial charge in [-0.1, -0.05) is 6.92 Å². The number of likely N-dealkylation sites (tertiary alicyclic amines) is 1. The number of nitrogens with two attached hydrogens (primary N) is 1. The maximum absolute atomic E-state index is 12.0. The highest BCUT2D eigenvalue weighted by molar-refractivity contribution is 5.81. The molecule has 0 saturated carbocycles. The lowest BCUT2D eigenvalue weighted by Gasteiger charge is -2.47. The number of amides is 2. The summed E-state index contributed by atoms with van der Waals surface area (Å²) in [5, 5.41) is 0. The van der Waals surface area contributed by atoms with Gasteiger partial charge in [-0.15, -0.1) is 0 Å². The summed E-state index contributed by atoms with van der Waals surface area (Å²) < 4.78 is 0. The first-order chi connectivity index (χ1) is 9.41. The molecule has 0 bridgehead atoms. The van der Waals surface area contributed by atoms with Crippen LogP contribution in [0.15, 0.2) is 4.99 Å². The molecule has 1 atom stereocenters. The lowest BCUT2D eigenvalue weighted by molar-refractivity contribution is 0.0699. The van der Waals surface area contributed by atoms with Crippen LogP contribution in [0.3, 0.4) is 0 Å². The SMILES string of the molecule is CCC(C)N1C(N)=NCC12CCN(C(=O)N(C)C)CC2. The van der Waals surface area contributed by atoms with Crippen LogP contribution in [0.4, 0.5) is 4.79 Å². The first-order valence-corrected chi connectivity index (χ1v) is 7.47. The highest BCUT2D eigenvalue weighted by atomic mass is 16.2. The van der Waals surface area contributed by atoms with Gasteiger partial charge >= 0.3 is 6.03 Å². The molecule has 1 saturated heterocycles. The standard InChI is InChI=1S/C14H27N5O/c1-5-11(2)19-12(15)16-10-14(19)6-8-18(9-7-14)13(20)17(3)4/h11H,5-10H2,1-4H3,(H2,15,16). The van der Waals surface area contributed by atoms with Crippen molar-refractivity contribution in [3.05, 3.63) is 0 Å². The fourth-order valence-corrected chi connectivity index (χ4v) is 3.30. The first kappa shape index (κ1) is 14.9. The number of guanidine groups is 1. The van der Waals surface area contributed by atoms with Crippen LogP contribution in [0.2, 0.25) is 0 Å². The van der Waals surface area contributed by atoms with E-state index in [2.05, 4.69) is 23.7 Å². The first-order valence-electron chi connectivity index (χ1n) is 7.47. The van der Waals surface area contributed by atoms with Crippen LogP contribution in [0.25, 0.3) is 0 Å². The molecule has 0 aromatic heterocycles. The lowest BCUT2D eigenvalue weighted by Crippen LogP contribution is -2.60. The number of piperidine rings is 1. The third-order valence-corrected chi connectivity index (χ3v) is 4.67. The smallest absolute Gasteiger partial charge is 0.319 e. The van der Waals surface area contributed by atoms with E-state index in [0.717, 1.165) is 38.9 Å². The Hall–Kier alpha value is -1.46. The van der Waals surface area contributed by atoms with Gasteiger partial charge in [0.1, 0.15) is 0 Å². The predicted molar refractivity (Wildman–Crippen MR) is 80.7 cm³/mol. The number of urea groups is 1. The molecule has 0 aliphatic carbocycles. The van der Waals surface area contributed by atoms with Gasteiger partial charge in [0.25, 0.3) is 0 Å². The van der Waals surface area contributed by atoms with E-state index in [1.54, 1.807) is 19.0 Å². The van der Waals surface area contributed by atoms with Crippen LogP contribution < -0.4 is 5.73 Å². The summed E-state index contributed by atoms with van der Waals surface area (Å²) in [6.07, 6.45) is 2.94. The van der Waals surface area contributed by atoms with Gasteiger partial charge in [-0.3, -0.25) is 4.99 Å². The third-order valence-electron chi connectivity index (χ3n) is 4.67.